The van der Waals surface area contributed by atoms with Gasteiger partial charge in [-0.3, -0.25) is 10.2 Å². The first kappa shape index (κ1) is 28.0. The number of ether oxygens (including phenoxy) is 2. The first-order chi connectivity index (χ1) is 17.6. The Balaban J connectivity index is 1.53. The molecule has 0 bridgehead atoms. The van der Waals surface area contributed by atoms with Crippen molar-refractivity contribution in [2.45, 2.75) is 78.0 Å². The van der Waals surface area contributed by atoms with Crippen molar-refractivity contribution in [1.29, 1.82) is 0 Å². The number of carbonyl (C=O) groups excluding carboxylic acids is 3. The van der Waals surface area contributed by atoms with E-state index >= 15 is 0 Å². The summed E-state index contributed by atoms with van der Waals surface area (Å²) in [7, 11) is 0. The van der Waals surface area contributed by atoms with Gasteiger partial charge in [-0.2, -0.15) is 0 Å². The lowest BCUT2D eigenvalue weighted by molar-refractivity contribution is 0.00368. The van der Waals surface area contributed by atoms with Crippen LogP contribution >= 0.6 is 0 Å². The Labute approximate surface area is 219 Å². The first-order valence-corrected chi connectivity index (χ1v) is 13.0. The van der Waals surface area contributed by atoms with E-state index in [9.17, 15) is 14.4 Å². The van der Waals surface area contributed by atoms with E-state index in [1.54, 1.807) is 37.8 Å². The number of hydrazine groups is 1. The fraction of sp³-hybridized carbons (Fsp3) is 0.483. The SMILES string of the molecule is CCC(C)N(NC(=O)c1ccc(C2CCN(C(=O)OCc3ccccc3)CC2)cc1)C(=O)OC(C)(C)C. The van der Waals surface area contributed by atoms with Crippen LogP contribution in [0.25, 0.3) is 0 Å². The first-order valence-electron chi connectivity index (χ1n) is 13.0. The Morgan fingerprint density at radius 3 is 2.22 bits per heavy atom. The Morgan fingerprint density at radius 2 is 1.65 bits per heavy atom. The van der Waals surface area contributed by atoms with E-state index in [1.165, 1.54) is 5.01 Å². The van der Waals surface area contributed by atoms with Gasteiger partial charge in [-0.05, 0) is 76.1 Å². The average molecular weight is 510 g/mol. The van der Waals surface area contributed by atoms with E-state index in [4.69, 9.17) is 9.47 Å². The van der Waals surface area contributed by atoms with Gasteiger partial charge < -0.3 is 14.4 Å². The Kier molecular flexibility index (Phi) is 9.55. The highest BCUT2D eigenvalue weighted by Crippen LogP contribution is 2.28. The molecule has 1 heterocycles. The molecule has 0 spiro atoms. The third-order valence-electron chi connectivity index (χ3n) is 6.45. The third-order valence-corrected chi connectivity index (χ3v) is 6.45. The normalized spacial score (nSPS) is 15.0. The van der Waals surface area contributed by atoms with Crippen LogP contribution in [0.1, 0.15) is 81.3 Å². The maximum absolute atomic E-state index is 12.9. The predicted molar refractivity (Wildman–Crippen MR) is 142 cm³/mol. The topological polar surface area (TPSA) is 88.2 Å². The Bertz CT molecular complexity index is 1040. The molecule has 0 radical (unpaired) electrons. The van der Waals surface area contributed by atoms with Crippen LogP contribution in [0.5, 0.6) is 0 Å². The van der Waals surface area contributed by atoms with Crippen molar-refractivity contribution in [1.82, 2.24) is 15.3 Å². The number of rotatable bonds is 6. The Morgan fingerprint density at radius 1 is 1.03 bits per heavy atom. The molecule has 2 aromatic rings. The smallest absolute Gasteiger partial charge is 0.429 e. The largest absolute Gasteiger partial charge is 0.445 e. The average Bonchev–Trinajstić information content (AvgIpc) is 2.89. The molecule has 2 aromatic carbocycles. The van der Waals surface area contributed by atoms with Crippen LogP contribution in [-0.2, 0) is 16.1 Å². The maximum atomic E-state index is 12.9. The van der Waals surface area contributed by atoms with Crippen LogP contribution in [0.2, 0.25) is 0 Å². The van der Waals surface area contributed by atoms with Gasteiger partial charge in [-0.1, -0.05) is 49.4 Å². The summed E-state index contributed by atoms with van der Waals surface area (Å²) in [5, 5.41) is 1.26. The quantitative estimate of drug-likeness (QED) is 0.491. The van der Waals surface area contributed by atoms with Gasteiger partial charge in [-0.25, -0.2) is 14.6 Å². The summed E-state index contributed by atoms with van der Waals surface area (Å²) in [5.74, 6) is -0.0673. The number of benzene rings is 2. The minimum atomic E-state index is -0.663. The van der Waals surface area contributed by atoms with Crippen LogP contribution in [0.4, 0.5) is 9.59 Å². The van der Waals surface area contributed by atoms with Gasteiger partial charge >= 0.3 is 12.2 Å². The molecule has 1 aliphatic rings. The van der Waals surface area contributed by atoms with Crippen LogP contribution < -0.4 is 5.43 Å². The zero-order chi connectivity index (χ0) is 27.0. The van der Waals surface area contributed by atoms with E-state index in [2.05, 4.69) is 5.43 Å². The third kappa shape index (κ3) is 8.23. The number of nitrogens with zero attached hydrogens (tertiary/aromatic N) is 2. The molecular weight excluding hydrogens is 470 g/mol. The summed E-state index contributed by atoms with van der Waals surface area (Å²) in [5.41, 5.74) is 4.60. The molecule has 3 rings (SSSR count). The minimum absolute atomic E-state index is 0.220. The van der Waals surface area contributed by atoms with Crippen LogP contribution in [0, 0.1) is 0 Å². The number of hydrogen-bond donors (Lipinski definition) is 1. The molecule has 3 amide bonds. The second-order valence-corrected chi connectivity index (χ2v) is 10.5. The number of nitrogens with one attached hydrogen (secondary N) is 1. The summed E-state index contributed by atoms with van der Waals surface area (Å²) >= 11 is 0. The second kappa shape index (κ2) is 12.6. The Hall–Kier alpha value is -3.55. The molecule has 1 saturated heterocycles. The van der Waals surface area contributed by atoms with E-state index < -0.39 is 11.7 Å². The fourth-order valence-electron chi connectivity index (χ4n) is 4.12. The summed E-state index contributed by atoms with van der Waals surface area (Å²) in [4.78, 5) is 39.7. The molecule has 37 heavy (non-hydrogen) atoms. The predicted octanol–water partition coefficient (Wildman–Crippen LogP) is 5.88. The second-order valence-electron chi connectivity index (χ2n) is 10.5. The monoisotopic (exact) mass is 509 g/mol. The van der Waals surface area contributed by atoms with E-state index in [1.807, 2.05) is 56.3 Å². The van der Waals surface area contributed by atoms with Gasteiger partial charge in [0.15, 0.2) is 0 Å². The maximum Gasteiger partial charge on any atom is 0.429 e. The summed E-state index contributed by atoms with van der Waals surface area (Å²) in [6.45, 7) is 10.7. The van der Waals surface area contributed by atoms with Gasteiger partial charge in [0, 0.05) is 18.7 Å². The molecular formula is C29H39N3O5. The number of hydrogen-bond acceptors (Lipinski definition) is 5. The molecule has 1 aliphatic heterocycles. The summed E-state index contributed by atoms with van der Waals surface area (Å²) < 4.78 is 10.9. The van der Waals surface area contributed by atoms with E-state index in [0.717, 1.165) is 24.0 Å². The molecule has 8 nitrogen and oxygen atoms in total. The van der Waals surface area contributed by atoms with Crippen molar-refractivity contribution in [3.8, 4) is 0 Å². The highest BCUT2D eigenvalue weighted by molar-refractivity contribution is 5.95. The lowest BCUT2D eigenvalue weighted by atomic mass is 9.89. The van der Waals surface area contributed by atoms with E-state index in [0.29, 0.717) is 31.0 Å². The molecule has 1 N–H and O–H groups in total. The standard InChI is InChI=1S/C29H39N3O5/c1-6-21(2)32(28(35)37-29(3,4)5)30-26(33)25-14-12-23(13-15-25)24-16-18-31(19-17-24)27(34)36-20-22-10-8-7-9-11-22/h7-15,21,24H,6,16-20H2,1-5H3,(H,30,33). The van der Waals surface area contributed by atoms with Crippen molar-refractivity contribution < 1.29 is 23.9 Å². The van der Waals surface area contributed by atoms with Gasteiger partial charge in [-0.15, -0.1) is 0 Å². The van der Waals surface area contributed by atoms with Crippen molar-refractivity contribution in [2.24, 2.45) is 0 Å². The van der Waals surface area contributed by atoms with Crippen LogP contribution in [0.3, 0.4) is 0 Å². The number of carbonyl (C=O) groups is 3. The minimum Gasteiger partial charge on any atom is -0.445 e. The van der Waals surface area contributed by atoms with Gasteiger partial charge in [0.1, 0.15) is 12.2 Å². The molecule has 1 unspecified atom stereocenters. The van der Waals surface area contributed by atoms with Crippen molar-refractivity contribution >= 4 is 18.1 Å². The van der Waals surface area contributed by atoms with Crippen molar-refractivity contribution in [3.05, 3.63) is 71.3 Å². The number of amides is 3. The summed E-state index contributed by atoms with van der Waals surface area (Å²) in [6.07, 6.45) is 1.45. The highest BCUT2D eigenvalue weighted by atomic mass is 16.6. The van der Waals surface area contributed by atoms with Gasteiger partial charge in [0.2, 0.25) is 0 Å². The lowest BCUT2D eigenvalue weighted by Crippen LogP contribution is -2.52. The zero-order valence-corrected chi connectivity index (χ0v) is 22.5. The highest BCUT2D eigenvalue weighted by Gasteiger charge is 2.28. The van der Waals surface area contributed by atoms with Crippen LogP contribution in [-0.4, -0.2) is 52.7 Å². The molecule has 1 atom stereocenters. The number of likely N-dealkylation sites (tertiary alicyclic amines) is 1. The summed E-state index contributed by atoms with van der Waals surface area (Å²) in [6, 6.07) is 16.9. The fourth-order valence-corrected chi connectivity index (χ4v) is 4.12. The molecule has 1 fully saturated rings. The lowest BCUT2D eigenvalue weighted by Gasteiger charge is -2.32. The van der Waals surface area contributed by atoms with Crippen molar-refractivity contribution in [2.75, 3.05) is 13.1 Å². The van der Waals surface area contributed by atoms with E-state index in [-0.39, 0.29) is 24.6 Å². The number of piperidine rings is 1. The van der Waals surface area contributed by atoms with Crippen LogP contribution in [0.15, 0.2) is 54.6 Å². The molecule has 0 aliphatic carbocycles. The molecule has 0 saturated carbocycles. The van der Waals surface area contributed by atoms with Crippen molar-refractivity contribution in [3.63, 3.8) is 0 Å². The molecule has 0 aromatic heterocycles. The molecule has 200 valence electrons. The molecule has 8 heteroatoms. The zero-order valence-electron chi connectivity index (χ0n) is 22.5. The van der Waals surface area contributed by atoms with Gasteiger partial charge in [0.25, 0.3) is 5.91 Å². The van der Waals surface area contributed by atoms with Gasteiger partial charge in [0.05, 0.1) is 6.04 Å².